The van der Waals surface area contributed by atoms with Crippen LogP contribution in [-0.2, 0) is 0 Å². The van der Waals surface area contributed by atoms with Gasteiger partial charge >= 0.3 is 0 Å². The summed E-state index contributed by atoms with van der Waals surface area (Å²) < 4.78 is 5.45. The minimum absolute atomic E-state index is 0.0351. The number of rotatable bonds is 2. The first-order valence-corrected chi connectivity index (χ1v) is 5.24. The summed E-state index contributed by atoms with van der Waals surface area (Å²) in [6.45, 7) is 0. The molecule has 0 aliphatic heterocycles. The standard InChI is InChI=1S/C13H8ClNO2/c14-10-7-9(8-15)5-6-12(10)17-13-4-2-1-3-11(13)16/h1-7,16H. The van der Waals surface area contributed by atoms with Gasteiger partial charge in [-0.2, -0.15) is 5.26 Å². The molecule has 0 aromatic heterocycles. The average molecular weight is 246 g/mol. The van der Waals surface area contributed by atoms with E-state index in [2.05, 4.69) is 0 Å². The van der Waals surface area contributed by atoms with Gasteiger partial charge in [0, 0.05) is 0 Å². The van der Waals surface area contributed by atoms with Crippen LogP contribution in [0.3, 0.4) is 0 Å². The van der Waals surface area contributed by atoms with Crippen LogP contribution in [0, 0.1) is 11.3 Å². The zero-order valence-electron chi connectivity index (χ0n) is 8.72. The molecule has 0 atom stereocenters. The molecule has 1 N–H and O–H groups in total. The van der Waals surface area contributed by atoms with Gasteiger partial charge in [-0.05, 0) is 30.3 Å². The average Bonchev–Trinajstić information content (AvgIpc) is 2.34. The molecule has 2 aromatic rings. The predicted molar refractivity (Wildman–Crippen MR) is 64.3 cm³/mol. The Kier molecular flexibility index (Phi) is 3.17. The Bertz CT molecular complexity index is 590. The fourth-order valence-corrected chi connectivity index (χ4v) is 1.53. The molecular formula is C13H8ClNO2. The van der Waals surface area contributed by atoms with Crippen molar-refractivity contribution in [3.05, 3.63) is 53.1 Å². The predicted octanol–water partition coefficient (Wildman–Crippen LogP) is 3.71. The van der Waals surface area contributed by atoms with E-state index in [4.69, 9.17) is 21.6 Å². The first-order chi connectivity index (χ1) is 8.20. The van der Waals surface area contributed by atoms with Crippen molar-refractivity contribution in [3.63, 3.8) is 0 Å². The number of benzene rings is 2. The highest BCUT2D eigenvalue weighted by Crippen LogP contribution is 2.34. The lowest BCUT2D eigenvalue weighted by Gasteiger charge is -2.08. The third kappa shape index (κ3) is 2.49. The first kappa shape index (κ1) is 11.3. The molecule has 0 heterocycles. The lowest BCUT2D eigenvalue weighted by atomic mass is 10.2. The van der Waals surface area contributed by atoms with Crippen LogP contribution in [-0.4, -0.2) is 5.11 Å². The van der Waals surface area contributed by atoms with Gasteiger partial charge in [0.05, 0.1) is 16.7 Å². The SMILES string of the molecule is N#Cc1ccc(Oc2ccccc2O)c(Cl)c1. The maximum Gasteiger partial charge on any atom is 0.169 e. The maximum absolute atomic E-state index is 9.54. The van der Waals surface area contributed by atoms with E-state index < -0.39 is 0 Å². The minimum atomic E-state index is 0.0351. The van der Waals surface area contributed by atoms with Crippen molar-refractivity contribution in [3.8, 4) is 23.3 Å². The van der Waals surface area contributed by atoms with Crippen LogP contribution in [0.15, 0.2) is 42.5 Å². The largest absolute Gasteiger partial charge is 0.504 e. The summed E-state index contributed by atoms with van der Waals surface area (Å²) in [5.41, 5.74) is 0.458. The summed E-state index contributed by atoms with van der Waals surface area (Å²) in [5.74, 6) is 0.749. The normalized spacial score (nSPS) is 9.65. The molecule has 0 unspecified atom stereocenters. The highest BCUT2D eigenvalue weighted by molar-refractivity contribution is 6.32. The molecule has 0 fully saturated rings. The van der Waals surface area contributed by atoms with Crippen molar-refractivity contribution in [2.45, 2.75) is 0 Å². The molecule has 3 nitrogen and oxygen atoms in total. The molecule has 17 heavy (non-hydrogen) atoms. The van der Waals surface area contributed by atoms with Crippen molar-refractivity contribution in [1.29, 1.82) is 5.26 Å². The number of aromatic hydroxyl groups is 1. The fourth-order valence-electron chi connectivity index (χ4n) is 1.32. The summed E-state index contributed by atoms with van der Waals surface area (Å²) in [5, 5.41) is 18.6. The lowest BCUT2D eigenvalue weighted by Crippen LogP contribution is -1.86. The molecule has 0 amide bonds. The number of halogens is 1. The van der Waals surface area contributed by atoms with E-state index in [0.717, 1.165) is 0 Å². The van der Waals surface area contributed by atoms with Gasteiger partial charge in [-0.1, -0.05) is 23.7 Å². The first-order valence-electron chi connectivity index (χ1n) is 4.86. The number of hydrogen-bond acceptors (Lipinski definition) is 3. The Morgan fingerprint density at radius 2 is 1.88 bits per heavy atom. The fraction of sp³-hybridized carbons (Fsp3) is 0. The number of nitriles is 1. The molecule has 84 valence electrons. The number of hydrogen-bond donors (Lipinski definition) is 1. The lowest BCUT2D eigenvalue weighted by molar-refractivity contribution is 0.411. The smallest absolute Gasteiger partial charge is 0.169 e. The van der Waals surface area contributed by atoms with Crippen LogP contribution >= 0.6 is 11.6 Å². The Labute approximate surface area is 103 Å². The second-order valence-electron chi connectivity index (χ2n) is 3.33. The van der Waals surface area contributed by atoms with Crippen LogP contribution in [0.4, 0.5) is 0 Å². The molecule has 2 rings (SSSR count). The van der Waals surface area contributed by atoms with Crippen LogP contribution in [0.5, 0.6) is 17.2 Å². The quantitative estimate of drug-likeness (QED) is 0.878. The summed E-state index contributed by atoms with van der Waals surface area (Å²) in [6.07, 6.45) is 0. The van der Waals surface area contributed by atoms with E-state index in [1.54, 1.807) is 30.3 Å². The highest BCUT2D eigenvalue weighted by atomic mass is 35.5. The summed E-state index contributed by atoms with van der Waals surface area (Å²) in [7, 11) is 0. The van der Waals surface area contributed by atoms with Gasteiger partial charge in [0.2, 0.25) is 0 Å². The zero-order chi connectivity index (χ0) is 12.3. The summed E-state index contributed by atoms with van der Waals surface area (Å²) in [6, 6.07) is 13.3. The number of para-hydroxylation sites is 2. The van der Waals surface area contributed by atoms with Gasteiger partial charge in [0.1, 0.15) is 5.75 Å². The topological polar surface area (TPSA) is 53.2 Å². The maximum atomic E-state index is 9.54. The van der Waals surface area contributed by atoms with Gasteiger partial charge in [-0.3, -0.25) is 0 Å². The van der Waals surface area contributed by atoms with Crippen molar-refractivity contribution >= 4 is 11.6 Å². The summed E-state index contributed by atoms with van der Waals surface area (Å²) >= 11 is 5.95. The molecule has 0 radical (unpaired) electrons. The van der Waals surface area contributed by atoms with E-state index in [1.807, 2.05) is 6.07 Å². The summed E-state index contributed by atoms with van der Waals surface area (Å²) in [4.78, 5) is 0. The molecule has 2 aromatic carbocycles. The van der Waals surface area contributed by atoms with E-state index >= 15 is 0 Å². The number of phenolic OH excluding ortho intramolecular Hbond substituents is 1. The van der Waals surface area contributed by atoms with Gasteiger partial charge in [0.25, 0.3) is 0 Å². The number of phenols is 1. The molecule has 0 aliphatic rings. The number of nitrogens with zero attached hydrogens (tertiary/aromatic N) is 1. The molecule has 4 heteroatoms. The second-order valence-corrected chi connectivity index (χ2v) is 3.73. The van der Waals surface area contributed by atoms with Crippen LogP contribution in [0.25, 0.3) is 0 Å². The van der Waals surface area contributed by atoms with Crippen molar-refractivity contribution in [2.75, 3.05) is 0 Å². The molecule has 0 spiro atoms. The van der Waals surface area contributed by atoms with Crippen molar-refractivity contribution in [1.82, 2.24) is 0 Å². The third-order valence-corrected chi connectivity index (χ3v) is 2.44. The van der Waals surface area contributed by atoms with Gasteiger partial charge < -0.3 is 9.84 Å². The Morgan fingerprint density at radius 1 is 1.12 bits per heavy atom. The molecule has 0 aliphatic carbocycles. The molecule has 0 saturated carbocycles. The molecular weight excluding hydrogens is 238 g/mol. The monoisotopic (exact) mass is 245 g/mol. The van der Waals surface area contributed by atoms with Crippen molar-refractivity contribution in [2.24, 2.45) is 0 Å². The zero-order valence-corrected chi connectivity index (χ0v) is 9.48. The van der Waals surface area contributed by atoms with E-state index in [0.29, 0.717) is 22.1 Å². The van der Waals surface area contributed by atoms with Crippen LogP contribution in [0.1, 0.15) is 5.56 Å². The highest BCUT2D eigenvalue weighted by Gasteiger charge is 2.07. The third-order valence-electron chi connectivity index (χ3n) is 2.15. The van der Waals surface area contributed by atoms with Crippen LogP contribution < -0.4 is 4.74 Å². The van der Waals surface area contributed by atoms with Crippen LogP contribution in [0.2, 0.25) is 5.02 Å². The van der Waals surface area contributed by atoms with E-state index in [-0.39, 0.29) is 5.75 Å². The van der Waals surface area contributed by atoms with Gasteiger partial charge in [-0.25, -0.2) is 0 Å². The van der Waals surface area contributed by atoms with Crippen molar-refractivity contribution < 1.29 is 9.84 Å². The van der Waals surface area contributed by atoms with Gasteiger partial charge in [0.15, 0.2) is 11.5 Å². The minimum Gasteiger partial charge on any atom is -0.504 e. The number of ether oxygens (including phenoxy) is 1. The Balaban J connectivity index is 2.32. The Hall–Kier alpha value is -2.18. The molecule has 0 bridgehead atoms. The van der Waals surface area contributed by atoms with Gasteiger partial charge in [-0.15, -0.1) is 0 Å². The Morgan fingerprint density at radius 3 is 2.53 bits per heavy atom. The molecule has 0 saturated heterocycles. The van der Waals surface area contributed by atoms with E-state index in [9.17, 15) is 5.11 Å². The van der Waals surface area contributed by atoms with E-state index in [1.165, 1.54) is 12.1 Å². The second kappa shape index (κ2) is 4.77.